The molecule has 1 aromatic heterocycles. The second-order valence-corrected chi connectivity index (χ2v) is 7.89. The Hall–Kier alpha value is -2.44. The number of nitrogens with zero attached hydrogens (tertiary/aromatic N) is 3. The fourth-order valence-electron chi connectivity index (χ4n) is 3.73. The van der Waals surface area contributed by atoms with Crippen molar-refractivity contribution < 1.29 is 14.3 Å². The van der Waals surface area contributed by atoms with E-state index in [1.807, 2.05) is 18.2 Å². The lowest BCUT2D eigenvalue weighted by Gasteiger charge is -2.27. The number of carbonyl (C=O) groups excluding carboxylic acids is 1. The number of benzene rings is 1. The SMILES string of the molecule is COc1ccc(CN(C)CC2CCOCC2)cc1-c1cccc(C(=O)N(C)C)n1. The normalized spacial score (nSPS) is 14.8. The third-order valence-electron chi connectivity index (χ3n) is 5.28. The lowest BCUT2D eigenvalue weighted by atomic mass is 9.99. The van der Waals surface area contributed by atoms with Crippen LogP contribution in [-0.2, 0) is 11.3 Å². The summed E-state index contributed by atoms with van der Waals surface area (Å²) in [6.45, 7) is 3.66. The van der Waals surface area contributed by atoms with Crippen molar-refractivity contribution in [2.75, 3.05) is 48.0 Å². The zero-order valence-corrected chi connectivity index (χ0v) is 17.9. The summed E-state index contributed by atoms with van der Waals surface area (Å²) in [6, 6.07) is 11.7. The maximum absolute atomic E-state index is 12.3. The van der Waals surface area contributed by atoms with Gasteiger partial charge in [-0.25, -0.2) is 4.98 Å². The molecule has 0 radical (unpaired) electrons. The van der Waals surface area contributed by atoms with Crippen molar-refractivity contribution in [3.05, 3.63) is 47.7 Å². The van der Waals surface area contributed by atoms with Crippen LogP contribution >= 0.6 is 0 Å². The molecular formula is C23H31N3O3. The number of aromatic nitrogens is 1. The van der Waals surface area contributed by atoms with Gasteiger partial charge in [0.25, 0.3) is 5.91 Å². The first-order valence-corrected chi connectivity index (χ1v) is 10.1. The molecule has 1 amide bonds. The summed E-state index contributed by atoms with van der Waals surface area (Å²) in [4.78, 5) is 20.8. The second kappa shape index (κ2) is 9.85. The highest BCUT2D eigenvalue weighted by Crippen LogP contribution is 2.30. The van der Waals surface area contributed by atoms with Gasteiger partial charge in [-0.05, 0) is 55.6 Å². The second-order valence-electron chi connectivity index (χ2n) is 7.89. The molecule has 0 spiro atoms. The summed E-state index contributed by atoms with van der Waals surface area (Å²) in [7, 11) is 7.27. The number of carbonyl (C=O) groups is 1. The maximum Gasteiger partial charge on any atom is 0.271 e. The molecule has 0 atom stereocenters. The summed E-state index contributed by atoms with van der Waals surface area (Å²) in [5.74, 6) is 1.34. The third-order valence-corrected chi connectivity index (χ3v) is 5.28. The van der Waals surface area contributed by atoms with Crippen LogP contribution in [0.4, 0.5) is 0 Å². The highest BCUT2D eigenvalue weighted by atomic mass is 16.5. The molecule has 156 valence electrons. The number of ether oxygens (including phenoxy) is 2. The number of rotatable bonds is 7. The van der Waals surface area contributed by atoms with Crippen LogP contribution in [0.2, 0.25) is 0 Å². The number of hydrogen-bond donors (Lipinski definition) is 0. The van der Waals surface area contributed by atoms with E-state index in [4.69, 9.17) is 9.47 Å². The first-order chi connectivity index (χ1) is 14.0. The fourth-order valence-corrected chi connectivity index (χ4v) is 3.73. The van der Waals surface area contributed by atoms with Gasteiger partial charge >= 0.3 is 0 Å². The predicted molar refractivity (Wildman–Crippen MR) is 114 cm³/mol. The molecule has 1 aromatic carbocycles. The van der Waals surface area contributed by atoms with E-state index in [9.17, 15) is 4.79 Å². The Morgan fingerprint density at radius 2 is 1.93 bits per heavy atom. The minimum atomic E-state index is -0.113. The van der Waals surface area contributed by atoms with Gasteiger partial charge in [0.1, 0.15) is 11.4 Å². The number of hydrogen-bond acceptors (Lipinski definition) is 5. The molecular weight excluding hydrogens is 366 g/mol. The van der Waals surface area contributed by atoms with Crippen LogP contribution in [0.25, 0.3) is 11.3 Å². The molecule has 29 heavy (non-hydrogen) atoms. The van der Waals surface area contributed by atoms with Crippen molar-refractivity contribution in [3.63, 3.8) is 0 Å². The lowest BCUT2D eigenvalue weighted by Crippen LogP contribution is -2.29. The summed E-state index contributed by atoms with van der Waals surface area (Å²) in [6.07, 6.45) is 2.27. The van der Waals surface area contributed by atoms with Gasteiger partial charge in [-0.3, -0.25) is 4.79 Å². The summed E-state index contributed by atoms with van der Waals surface area (Å²) in [5.41, 5.74) is 3.26. The van der Waals surface area contributed by atoms with E-state index in [1.165, 1.54) is 10.5 Å². The Bertz CT molecular complexity index is 832. The van der Waals surface area contributed by atoms with Gasteiger partial charge in [0, 0.05) is 46.0 Å². The predicted octanol–water partition coefficient (Wildman–Crippen LogP) is 3.32. The fraction of sp³-hybridized carbons (Fsp3) is 0.478. The van der Waals surface area contributed by atoms with E-state index < -0.39 is 0 Å². The summed E-state index contributed by atoms with van der Waals surface area (Å²) < 4.78 is 11.0. The van der Waals surface area contributed by atoms with Gasteiger partial charge in [-0.2, -0.15) is 0 Å². The first-order valence-electron chi connectivity index (χ1n) is 10.1. The van der Waals surface area contributed by atoms with E-state index >= 15 is 0 Å². The Balaban J connectivity index is 1.80. The van der Waals surface area contributed by atoms with Gasteiger partial charge in [0.2, 0.25) is 0 Å². The van der Waals surface area contributed by atoms with Crippen LogP contribution in [-0.4, -0.2) is 68.7 Å². The molecule has 6 heteroatoms. The quantitative estimate of drug-likeness (QED) is 0.717. The van der Waals surface area contributed by atoms with E-state index in [-0.39, 0.29) is 5.91 Å². The molecule has 0 unspecified atom stereocenters. The van der Waals surface area contributed by atoms with Gasteiger partial charge < -0.3 is 19.3 Å². The van der Waals surface area contributed by atoms with Gasteiger partial charge in [-0.1, -0.05) is 12.1 Å². The molecule has 1 saturated heterocycles. The maximum atomic E-state index is 12.3. The zero-order chi connectivity index (χ0) is 20.8. The molecule has 0 saturated carbocycles. The summed E-state index contributed by atoms with van der Waals surface area (Å²) in [5, 5.41) is 0. The number of amides is 1. The Labute approximate surface area is 173 Å². The standard InChI is InChI=1S/C23H31N3O3/c1-25(2)23(27)21-7-5-6-20(24-21)19-14-18(8-9-22(19)28-4)16-26(3)15-17-10-12-29-13-11-17/h5-9,14,17H,10-13,15-16H2,1-4H3. The van der Waals surface area contributed by atoms with Crippen molar-refractivity contribution in [3.8, 4) is 17.0 Å². The zero-order valence-electron chi connectivity index (χ0n) is 17.9. The average Bonchev–Trinajstić information content (AvgIpc) is 2.73. The van der Waals surface area contributed by atoms with Crippen LogP contribution in [0, 0.1) is 5.92 Å². The summed E-state index contributed by atoms with van der Waals surface area (Å²) >= 11 is 0. The lowest BCUT2D eigenvalue weighted by molar-refractivity contribution is 0.0549. The van der Waals surface area contributed by atoms with E-state index in [0.717, 1.165) is 56.2 Å². The van der Waals surface area contributed by atoms with Crippen LogP contribution in [0.1, 0.15) is 28.9 Å². The van der Waals surface area contributed by atoms with Crippen LogP contribution in [0.3, 0.4) is 0 Å². The Kier molecular flexibility index (Phi) is 7.23. The molecule has 2 aromatic rings. The third kappa shape index (κ3) is 5.55. The highest BCUT2D eigenvalue weighted by Gasteiger charge is 2.17. The molecule has 1 aliphatic heterocycles. The molecule has 2 heterocycles. The van der Waals surface area contributed by atoms with Gasteiger partial charge in [0.05, 0.1) is 12.8 Å². The van der Waals surface area contributed by atoms with E-state index in [0.29, 0.717) is 11.6 Å². The monoisotopic (exact) mass is 397 g/mol. The molecule has 0 bridgehead atoms. The first kappa shape index (κ1) is 21.3. The van der Waals surface area contributed by atoms with E-state index in [1.54, 1.807) is 27.3 Å². The molecule has 0 N–H and O–H groups in total. The van der Waals surface area contributed by atoms with Crippen molar-refractivity contribution in [1.29, 1.82) is 0 Å². The van der Waals surface area contributed by atoms with Crippen molar-refractivity contribution in [2.24, 2.45) is 5.92 Å². The average molecular weight is 398 g/mol. The minimum Gasteiger partial charge on any atom is -0.496 e. The van der Waals surface area contributed by atoms with Crippen LogP contribution < -0.4 is 4.74 Å². The minimum absolute atomic E-state index is 0.113. The molecule has 6 nitrogen and oxygen atoms in total. The van der Waals surface area contributed by atoms with E-state index in [2.05, 4.69) is 29.1 Å². The molecule has 3 rings (SSSR count). The van der Waals surface area contributed by atoms with Crippen molar-refractivity contribution in [1.82, 2.24) is 14.8 Å². The van der Waals surface area contributed by atoms with Crippen LogP contribution in [0.15, 0.2) is 36.4 Å². The van der Waals surface area contributed by atoms with Crippen molar-refractivity contribution >= 4 is 5.91 Å². The smallest absolute Gasteiger partial charge is 0.271 e. The molecule has 0 aliphatic carbocycles. The number of methoxy groups -OCH3 is 1. The largest absolute Gasteiger partial charge is 0.496 e. The number of pyridine rings is 1. The Morgan fingerprint density at radius 3 is 2.62 bits per heavy atom. The highest BCUT2D eigenvalue weighted by molar-refractivity contribution is 5.92. The van der Waals surface area contributed by atoms with Crippen LogP contribution in [0.5, 0.6) is 5.75 Å². The van der Waals surface area contributed by atoms with Crippen molar-refractivity contribution in [2.45, 2.75) is 19.4 Å². The van der Waals surface area contributed by atoms with Gasteiger partial charge in [-0.15, -0.1) is 0 Å². The van der Waals surface area contributed by atoms with Gasteiger partial charge in [0.15, 0.2) is 0 Å². The topological polar surface area (TPSA) is 54.9 Å². The molecule has 1 aliphatic rings. The molecule has 1 fully saturated rings. The Morgan fingerprint density at radius 1 is 1.17 bits per heavy atom.